The first-order valence-electron chi connectivity index (χ1n) is 3.08. The van der Waals surface area contributed by atoms with Gasteiger partial charge in [0.2, 0.25) is 0 Å². The quantitative estimate of drug-likeness (QED) is 0.555. The summed E-state index contributed by atoms with van der Waals surface area (Å²) in [7, 11) is 3.52. The summed E-state index contributed by atoms with van der Waals surface area (Å²) in [4.78, 5) is 10.9. The minimum absolute atomic E-state index is 0.0112. The molecule has 0 aliphatic rings. The Balaban J connectivity index is 3.31. The molecule has 1 aromatic heterocycles. The van der Waals surface area contributed by atoms with Crippen LogP contribution in [0.3, 0.4) is 0 Å². The van der Waals surface area contributed by atoms with Crippen molar-refractivity contribution in [2.45, 2.75) is 6.54 Å². The van der Waals surface area contributed by atoms with E-state index >= 15 is 0 Å². The Hall–Kier alpha value is -1.03. The maximum Gasteiger partial charge on any atom is 0.266 e. The normalized spacial score (nSPS) is 10.3. The van der Waals surface area contributed by atoms with Crippen LogP contribution in [0, 0.1) is 0 Å². The molecule has 0 bridgehead atoms. The molecule has 4 heteroatoms. The standard InChI is InChI=1S/C6H11N3O/c1-8-5(4-7)3-6(10)9(8)2/h3H,4,7H2,1-2H3. The van der Waals surface area contributed by atoms with Gasteiger partial charge in [0.25, 0.3) is 5.56 Å². The molecular formula is C6H11N3O. The van der Waals surface area contributed by atoms with Crippen LogP contribution in [0.4, 0.5) is 0 Å². The minimum Gasteiger partial charge on any atom is -0.325 e. The second-order valence-electron chi connectivity index (χ2n) is 2.23. The van der Waals surface area contributed by atoms with Crippen LogP contribution < -0.4 is 11.3 Å². The van der Waals surface area contributed by atoms with Crippen molar-refractivity contribution in [1.82, 2.24) is 9.36 Å². The lowest BCUT2D eigenvalue weighted by molar-refractivity contribution is 0.557. The zero-order valence-electron chi connectivity index (χ0n) is 6.16. The van der Waals surface area contributed by atoms with Gasteiger partial charge >= 0.3 is 0 Å². The van der Waals surface area contributed by atoms with Crippen LogP contribution in [0.15, 0.2) is 10.9 Å². The van der Waals surface area contributed by atoms with Gasteiger partial charge in [0.15, 0.2) is 0 Å². The van der Waals surface area contributed by atoms with Crippen molar-refractivity contribution in [1.29, 1.82) is 0 Å². The Morgan fingerprint density at radius 3 is 2.30 bits per heavy atom. The largest absolute Gasteiger partial charge is 0.325 e. The molecule has 0 unspecified atom stereocenters. The Kier molecular flexibility index (Phi) is 1.63. The Labute approximate surface area is 58.8 Å². The zero-order chi connectivity index (χ0) is 7.72. The van der Waals surface area contributed by atoms with Crippen molar-refractivity contribution < 1.29 is 0 Å². The maximum atomic E-state index is 10.9. The van der Waals surface area contributed by atoms with E-state index in [9.17, 15) is 4.79 Å². The fraction of sp³-hybridized carbons (Fsp3) is 0.500. The second-order valence-corrected chi connectivity index (χ2v) is 2.23. The average molecular weight is 141 g/mol. The number of hydrogen-bond acceptors (Lipinski definition) is 2. The Morgan fingerprint density at radius 2 is 2.10 bits per heavy atom. The fourth-order valence-corrected chi connectivity index (χ4v) is 0.861. The monoisotopic (exact) mass is 141 g/mol. The number of nitrogens with two attached hydrogens (primary N) is 1. The van der Waals surface area contributed by atoms with E-state index in [-0.39, 0.29) is 5.56 Å². The highest BCUT2D eigenvalue weighted by atomic mass is 16.1. The Morgan fingerprint density at radius 1 is 1.50 bits per heavy atom. The summed E-state index contributed by atoms with van der Waals surface area (Å²) in [5, 5.41) is 0. The van der Waals surface area contributed by atoms with Crippen molar-refractivity contribution in [3.8, 4) is 0 Å². The number of rotatable bonds is 1. The fourth-order valence-electron chi connectivity index (χ4n) is 0.861. The molecule has 4 nitrogen and oxygen atoms in total. The van der Waals surface area contributed by atoms with Gasteiger partial charge in [0.1, 0.15) is 0 Å². The van der Waals surface area contributed by atoms with E-state index in [4.69, 9.17) is 5.73 Å². The first-order chi connectivity index (χ1) is 4.66. The van der Waals surface area contributed by atoms with E-state index in [0.717, 1.165) is 5.69 Å². The predicted molar refractivity (Wildman–Crippen MR) is 38.5 cm³/mol. The first kappa shape index (κ1) is 7.08. The van der Waals surface area contributed by atoms with Crippen LogP contribution in [0.1, 0.15) is 5.69 Å². The molecule has 1 rings (SSSR count). The first-order valence-corrected chi connectivity index (χ1v) is 3.08. The zero-order valence-corrected chi connectivity index (χ0v) is 6.16. The molecule has 0 saturated heterocycles. The van der Waals surface area contributed by atoms with Crippen molar-refractivity contribution in [2.75, 3.05) is 0 Å². The van der Waals surface area contributed by atoms with E-state index in [2.05, 4.69) is 0 Å². The maximum absolute atomic E-state index is 10.9. The van der Waals surface area contributed by atoms with E-state index < -0.39 is 0 Å². The van der Waals surface area contributed by atoms with Crippen molar-refractivity contribution in [2.24, 2.45) is 19.8 Å². The Bertz CT molecular complexity index is 284. The van der Waals surface area contributed by atoms with Crippen molar-refractivity contribution in [3.63, 3.8) is 0 Å². The van der Waals surface area contributed by atoms with Gasteiger partial charge in [0.05, 0.1) is 5.69 Å². The third-order valence-corrected chi connectivity index (χ3v) is 1.68. The van der Waals surface area contributed by atoms with Crippen LogP contribution in [-0.4, -0.2) is 9.36 Å². The van der Waals surface area contributed by atoms with Gasteiger partial charge in [-0.2, -0.15) is 0 Å². The highest BCUT2D eigenvalue weighted by molar-refractivity contribution is 5.00. The molecule has 0 aliphatic carbocycles. The molecule has 56 valence electrons. The van der Waals surface area contributed by atoms with Crippen molar-refractivity contribution in [3.05, 3.63) is 22.1 Å². The minimum atomic E-state index is -0.0112. The topological polar surface area (TPSA) is 52.9 Å². The summed E-state index contributed by atoms with van der Waals surface area (Å²) in [6.07, 6.45) is 0. The van der Waals surface area contributed by atoms with E-state index in [1.807, 2.05) is 7.05 Å². The molecule has 10 heavy (non-hydrogen) atoms. The van der Waals surface area contributed by atoms with Crippen LogP contribution in [0.5, 0.6) is 0 Å². The van der Waals surface area contributed by atoms with Gasteiger partial charge < -0.3 is 5.73 Å². The third-order valence-electron chi connectivity index (χ3n) is 1.68. The SMILES string of the molecule is Cn1c(CN)cc(=O)n1C. The van der Waals surface area contributed by atoms with Gasteiger partial charge in [-0.1, -0.05) is 0 Å². The number of hydrogen-bond donors (Lipinski definition) is 1. The van der Waals surface area contributed by atoms with Gasteiger partial charge in [-0.25, -0.2) is 0 Å². The molecule has 0 amide bonds. The van der Waals surface area contributed by atoms with E-state index in [1.54, 1.807) is 17.8 Å². The molecule has 2 N–H and O–H groups in total. The molecule has 0 aromatic carbocycles. The molecule has 0 fully saturated rings. The van der Waals surface area contributed by atoms with Crippen molar-refractivity contribution >= 4 is 0 Å². The van der Waals surface area contributed by atoms with Gasteiger partial charge in [-0.15, -0.1) is 0 Å². The van der Waals surface area contributed by atoms with Gasteiger partial charge in [-0.05, 0) is 0 Å². The molecule has 1 heterocycles. The van der Waals surface area contributed by atoms with Gasteiger partial charge in [0, 0.05) is 26.7 Å². The third kappa shape index (κ3) is 0.863. The average Bonchev–Trinajstić information content (AvgIpc) is 2.17. The summed E-state index contributed by atoms with van der Waals surface area (Å²) in [5.41, 5.74) is 6.20. The lowest BCUT2D eigenvalue weighted by atomic mass is 10.4. The van der Waals surface area contributed by atoms with E-state index in [1.165, 1.54) is 4.68 Å². The molecule has 0 saturated carbocycles. The lowest BCUT2D eigenvalue weighted by Gasteiger charge is -2.01. The van der Waals surface area contributed by atoms with E-state index in [0.29, 0.717) is 6.54 Å². The highest BCUT2D eigenvalue weighted by Crippen LogP contribution is 1.90. The number of nitrogens with zero attached hydrogens (tertiary/aromatic N) is 2. The summed E-state index contributed by atoms with van der Waals surface area (Å²) in [6.45, 7) is 0.409. The predicted octanol–water partition coefficient (Wildman–Crippen LogP) is -0.817. The van der Waals surface area contributed by atoms with Crippen LogP contribution in [0.2, 0.25) is 0 Å². The molecule has 0 aliphatic heterocycles. The molecule has 0 atom stereocenters. The summed E-state index contributed by atoms with van der Waals surface area (Å²) < 4.78 is 3.25. The summed E-state index contributed by atoms with van der Waals surface area (Å²) in [5.74, 6) is 0. The lowest BCUT2D eigenvalue weighted by Crippen LogP contribution is -2.17. The summed E-state index contributed by atoms with van der Waals surface area (Å²) in [6, 6.07) is 1.54. The number of aromatic nitrogens is 2. The second kappa shape index (κ2) is 2.30. The molecular weight excluding hydrogens is 130 g/mol. The molecule has 0 radical (unpaired) electrons. The summed E-state index contributed by atoms with van der Waals surface area (Å²) >= 11 is 0. The van der Waals surface area contributed by atoms with Crippen LogP contribution in [0.25, 0.3) is 0 Å². The van der Waals surface area contributed by atoms with Gasteiger partial charge in [-0.3, -0.25) is 14.2 Å². The highest BCUT2D eigenvalue weighted by Gasteiger charge is 2.00. The van der Waals surface area contributed by atoms with Crippen LogP contribution >= 0.6 is 0 Å². The molecule has 1 aromatic rings. The smallest absolute Gasteiger partial charge is 0.266 e. The molecule has 0 spiro atoms. The van der Waals surface area contributed by atoms with Crippen LogP contribution in [-0.2, 0) is 20.6 Å².